The fourth-order valence-electron chi connectivity index (χ4n) is 5.31. The van der Waals surface area contributed by atoms with Crippen molar-refractivity contribution in [3.63, 3.8) is 0 Å². The lowest BCUT2D eigenvalue weighted by Gasteiger charge is -2.34. The van der Waals surface area contributed by atoms with Gasteiger partial charge in [0, 0.05) is 36.8 Å². The van der Waals surface area contributed by atoms with Gasteiger partial charge >= 0.3 is 6.18 Å². The Hall–Kier alpha value is -2.01. The van der Waals surface area contributed by atoms with Crippen LogP contribution in [0.4, 0.5) is 13.2 Å². The number of aryl methyl sites for hydroxylation is 2. The van der Waals surface area contributed by atoms with E-state index in [0.29, 0.717) is 62.4 Å². The molecule has 1 aliphatic rings. The van der Waals surface area contributed by atoms with E-state index in [9.17, 15) is 26.4 Å². The van der Waals surface area contributed by atoms with Crippen molar-refractivity contribution in [3.8, 4) is 0 Å². The maximum atomic E-state index is 14.0. The second-order valence-electron chi connectivity index (χ2n) is 11.1. The van der Waals surface area contributed by atoms with E-state index in [1.165, 1.54) is 22.8 Å². The highest BCUT2D eigenvalue weighted by Crippen LogP contribution is 2.35. The molecule has 2 aromatic rings. The van der Waals surface area contributed by atoms with Gasteiger partial charge in [0.15, 0.2) is 0 Å². The van der Waals surface area contributed by atoms with Gasteiger partial charge in [0.1, 0.15) is 11.5 Å². The van der Waals surface area contributed by atoms with E-state index < -0.39 is 27.3 Å². The fourth-order valence-corrected chi connectivity index (χ4v) is 6.30. The highest BCUT2D eigenvalue weighted by Gasteiger charge is 2.38. The number of halogens is 4. The summed E-state index contributed by atoms with van der Waals surface area (Å²) in [6.07, 6.45) is 1.08. The summed E-state index contributed by atoms with van der Waals surface area (Å²) in [5.74, 6) is -0.166. The SMILES string of the molecule is Cc1cc(C(C)(CCN2CCCN(S(C)(=O)=O)CC2)C(=O)C(C)CCCc2ccc(C(F)(F)F)nc2)ccc1Cl. The molecule has 11 heteroatoms. The minimum atomic E-state index is -4.47. The normalized spacial score (nSPS) is 18.2. The summed E-state index contributed by atoms with van der Waals surface area (Å²) >= 11 is 6.29. The van der Waals surface area contributed by atoms with Crippen LogP contribution in [0.1, 0.15) is 61.9 Å². The number of hydrogen-bond donors (Lipinski definition) is 0. The average Bonchev–Trinajstić information content (AvgIpc) is 3.14. The number of benzene rings is 1. The molecule has 0 radical (unpaired) electrons. The summed E-state index contributed by atoms with van der Waals surface area (Å²) in [7, 11) is -3.24. The van der Waals surface area contributed by atoms with Crippen molar-refractivity contribution in [3.05, 3.63) is 63.9 Å². The summed E-state index contributed by atoms with van der Waals surface area (Å²) in [6.45, 7) is 8.71. The topological polar surface area (TPSA) is 70.6 Å². The molecule has 1 saturated heterocycles. The number of rotatable bonds is 11. The molecule has 1 aliphatic heterocycles. The zero-order chi connectivity index (χ0) is 29.7. The number of ketones is 1. The third-order valence-corrected chi connectivity index (χ3v) is 9.68. The summed E-state index contributed by atoms with van der Waals surface area (Å²) in [5.41, 5.74) is 0.785. The molecule has 1 fully saturated rings. The zero-order valence-corrected chi connectivity index (χ0v) is 25.2. The third kappa shape index (κ3) is 8.50. The number of carbonyl (C=O) groups is 1. The first kappa shape index (κ1) is 32.5. The lowest BCUT2D eigenvalue weighted by atomic mass is 9.71. The Bertz CT molecular complexity index is 1270. The van der Waals surface area contributed by atoms with E-state index in [2.05, 4.69) is 9.88 Å². The predicted molar refractivity (Wildman–Crippen MR) is 152 cm³/mol. The Labute approximate surface area is 241 Å². The van der Waals surface area contributed by atoms with Crippen LogP contribution in [0, 0.1) is 12.8 Å². The van der Waals surface area contributed by atoms with Gasteiger partial charge in [-0.05, 0) is 87.9 Å². The van der Waals surface area contributed by atoms with E-state index in [4.69, 9.17) is 11.6 Å². The smallest absolute Gasteiger partial charge is 0.302 e. The van der Waals surface area contributed by atoms with Gasteiger partial charge in [-0.15, -0.1) is 0 Å². The van der Waals surface area contributed by atoms with Crippen LogP contribution in [0.5, 0.6) is 0 Å². The minimum Gasteiger partial charge on any atom is -0.302 e. The number of Topliss-reactive ketones (excluding diaryl/α,β-unsaturated/α-hetero) is 1. The van der Waals surface area contributed by atoms with Crippen LogP contribution < -0.4 is 0 Å². The summed E-state index contributed by atoms with van der Waals surface area (Å²) in [6, 6.07) is 8.11. The summed E-state index contributed by atoms with van der Waals surface area (Å²) in [4.78, 5) is 19.8. The molecule has 40 heavy (non-hydrogen) atoms. The van der Waals surface area contributed by atoms with Gasteiger partial charge < -0.3 is 4.90 Å². The van der Waals surface area contributed by atoms with Crippen molar-refractivity contribution >= 4 is 27.4 Å². The van der Waals surface area contributed by atoms with Gasteiger partial charge in [0.05, 0.1) is 11.7 Å². The first-order chi connectivity index (χ1) is 18.6. The second-order valence-corrected chi connectivity index (χ2v) is 13.5. The maximum Gasteiger partial charge on any atom is 0.433 e. The largest absolute Gasteiger partial charge is 0.433 e. The zero-order valence-electron chi connectivity index (χ0n) is 23.6. The summed E-state index contributed by atoms with van der Waals surface area (Å²) < 4.78 is 63.9. The number of carbonyl (C=O) groups excluding carboxylic acids is 1. The Balaban J connectivity index is 1.70. The van der Waals surface area contributed by atoms with Crippen LogP contribution in [-0.4, -0.2) is 67.4 Å². The van der Waals surface area contributed by atoms with E-state index >= 15 is 0 Å². The van der Waals surface area contributed by atoms with E-state index in [0.717, 1.165) is 30.2 Å². The number of aromatic nitrogens is 1. The summed E-state index contributed by atoms with van der Waals surface area (Å²) in [5, 5.41) is 0.630. The molecule has 0 bridgehead atoms. The Morgan fingerprint density at radius 3 is 2.45 bits per heavy atom. The van der Waals surface area contributed by atoms with Crippen molar-refractivity contribution in [2.24, 2.45) is 5.92 Å². The maximum absolute atomic E-state index is 14.0. The number of nitrogens with zero attached hydrogens (tertiary/aromatic N) is 3. The highest BCUT2D eigenvalue weighted by atomic mass is 35.5. The molecule has 0 spiro atoms. The highest BCUT2D eigenvalue weighted by molar-refractivity contribution is 7.88. The van der Waals surface area contributed by atoms with Gasteiger partial charge in [-0.25, -0.2) is 12.7 Å². The third-order valence-electron chi connectivity index (χ3n) is 7.95. The van der Waals surface area contributed by atoms with Crippen LogP contribution in [-0.2, 0) is 32.8 Å². The molecule has 0 saturated carbocycles. The van der Waals surface area contributed by atoms with Gasteiger partial charge in [-0.3, -0.25) is 9.78 Å². The number of pyridine rings is 1. The Kier molecular flexibility index (Phi) is 10.8. The molecule has 3 rings (SSSR count). The molecule has 6 nitrogen and oxygen atoms in total. The van der Waals surface area contributed by atoms with Crippen molar-refractivity contribution < 1.29 is 26.4 Å². The van der Waals surface area contributed by atoms with E-state index in [1.54, 1.807) is 0 Å². The van der Waals surface area contributed by atoms with Gasteiger partial charge in [-0.2, -0.15) is 13.2 Å². The quantitative estimate of drug-likeness (QED) is 0.320. The molecule has 0 aliphatic carbocycles. The van der Waals surface area contributed by atoms with Crippen LogP contribution in [0.3, 0.4) is 0 Å². The van der Waals surface area contributed by atoms with Gasteiger partial charge in [-0.1, -0.05) is 36.7 Å². The fraction of sp³-hybridized carbons (Fsp3) is 0.586. The Morgan fingerprint density at radius 1 is 1.12 bits per heavy atom. The van der Waals surface area contributed by atoms with Crippen LogP contribution in [0.2, 0.25) is 5.02 Å². The molecule has 2 unspecified atom stereocenters. The molecular weight excluding hydrogens is 563 g/mol. The van der Waals surface area contributed by atoms with Gasteiger partial charge in [0.2, 0.25) is 10.0 Å². The molecule has 2 atom stereocenters. The van der Waals surface area contributed by atoms with E-state index in [-0.39, 0.29) is 11.7 Å². The van der Waals surface area contributed by atoms with Crippen molar-refractivity contribution in [2.45, 2.75) is 64.5 Å². The standard InChI is InChI=1S/C29H39ClF3N3O3S/c1-21(7-5-8-23-9-12-26(34-20-23)29(31,32)33)27(37)28(3,24-10-11-25(30)22(2)19-24)13-16-35-14-6-15-36(18-17-35)40(4,38)39/h9-12,19-21H,5-8,13-18H2,1-4H3. The van der Waals surface area contributed by atoms with Crippen molar-refractivity contribution in [1.29, 1.82) is 0 Å². The van der Waals surface area contributed by atoms with Crippen molar-refractivity contribution in [1.82, 2.24) is 14.2 Å². The predicted octanol–water partition coefficient (Wildman–Crippen LogP) is 5.91. The number of alkyl halides is 3. The first-order valence-corrected chi connectivity index (χ1v) is 15.8. The molecule has 0 N–H and O–H groups in total. The average molecular weight is 602 g/mol. The van der Waals surface area contributed by atoms with Crippen LogP contribution in [0.15, 0.2) is 36.5 Å². The molecule has 1 aromatic heterocycles. The molecular formula is C29H39ClF3N3O3S. The second kappa shape index (κ2) is 13.3. The first-order valence-electron chi connectivity index (χ1n) is 13.6. The van der Waals surface area contributed by atoms with Crippen LogP contribution in [0.25, 0.3) is 0 Å². The lowest BCUT2D eigenvalue weighted by molar-refractivity contribution is -0.141. The molecule has 222 valence electrons. The van der Waals surface area contributed by atoms with Crippen molar-refractivity contribution in [2.75, 3.05) is 39.0 Å². The number of hydrogen-bond acceptors (Lipinski definition) is 5. The van der Waals surface area contributed by atoms with E-state index in [1.807, 2.05) is 39.0 Å². The van der Waals surface area contributed by atoms with Crippen LogP contribution >= 0.6 is 11.6 Å². The monoisotopic (exact) mass is 601 g/mol. The Morgan fingerprint density at radius 2 is 1.85 bits per heavy atom. The number of sulfonamides is 1. The van der Waals surface area contributed by atoms with Gasteiger partial charge in [0.25, 0.3) is 0 Å². The molecule has 0 amide bonds. The minimum absolute atomic E-state index is 0.104. The lowest BCUT2D eigenvalue weighted by Crippen LogP contribution is -2.41. The molecule has 2 heterocycles. The molecule has 1 aromatic carbocycles.